The Labute approximate surface area is 171 Å². The average Bonchev–Trinajstić information content (AvgIpc) is 3.45. The number of aromatic nitrogens is 4. The second-order valence-electron chi connectivity index (χ2n) is 7.08. The number of anilines is 1. The monoisotopic (exact) mass is 407 g/mol. The lowest BCUT2D eigenvalue weighted by atomic mass is 10.1. The van der Waals surface area contributed by atoms with Crippen LogP contribution in [0.15, 0.2) is 53.3 Å². The van der Waals surface area contributed by atoms with Gasteiger partial charge >= 0.3 is 0 Å². The van der Waals surface area contributed by atoms with Crippen LogP contribution < -0.4 is 4.90 Å². The summed E-state index contributed by atoms with van der Waals surface area (Å²) in [6.45, 7) is 3.43. The van der Waals surface area contributed by atoms with Gasteiger partial charge in [0.1, 0.15) is 0 Å². The number of imidazole rings is 1. The minimum Gasteiger partial charge on any atom is -0.339 e. The van der Waals surface area contributed by atoms with E-state index in [0.717, 1.165) is 28.8 Å². The summed E-state index contributed by atoms with van der Waals surface area (Å²) >= 11 is 6.06. The number of hydrogen-bond acceptors (Lipinski definition) is 5. The Kier molecular flexibility index (Phi) is 4.32. The van der Waals surface area contributed by atoms with Gasteiger partial charge in [0.15, 0.2) is 0 Å². The molecule has 1 amide bonds. The highest BCUT2D eigenvalue weighted by atomic mass is 35.5. The summed E-state index contributed by atoms with van der Waals surface area (Å²) in [6.07, 6.45) is 2.15. The third-order valence-corrected chi connectivity index (χ3v) is 5.49. The predicted molar refractivity (Wildman–Crippen MR) is 110 cm³/mol. The van der Waals surface area contributed by atoms with Crippen molar-refractivity contribution in [2.75, 3.05) is 11.4 Å². The molecule has 146 valence electrons. The number of aryl methyl sites for hydroxylation is 1. The van der Waals surface area contributed by atoms with Crippen molar-refractivity contribution in [2.45, 2.75) is 25.8 Å². The Bertz CT molecular complexity index is 1210. The Morgan fingerprint density at radius 3 is 2.97 bits per heavy atom. The molecule has 29 heavy (non-hydrogen) atoms. The number of carbonyl (C=O) groups is 1. The number of hydrogen-bond donors (Lipinski definition) is 0. The van der Waals surface area contributed by atoms with E-state index in [4.69, 9.17) is 16.1 Å². The van der Waals surface area contributed by atoms with Crippen LogP contribution in [0.3, 0.4) is 0 Å². The standard InChI is InChI=1S/C21H18ClN5O2/c1-2-26-12-23-17-8-13(6-7-18(17)26)20-24-21(29-25-20)14-9-19(28)27(11-14)16-5-3-4-15(22)10-16/h3-8,10,12,14H,2,9,11H2,1H3/t14-/m0/s1. The van der Waals surface area contributed by atoms with Gasteiger partial charge in [-0.2, -0.15) is 4.98 Å². The summed E-state index contributed by atoms with van der Waals surface area (Å²) in [6, 6.07) is 13.2. The lowest BCUT2D eigenvalue weighted by Crippen LogP contribution is -2.24. The van der Waals surface area contributed by atoms with E-state index in [2.05, 4.69) is 26.6 Å². The number of amides is 1. The van der Waals surface area contributed by atoms with Crippen LogP contribution in [0.1, 0.15) is 25.2 Å². The Balaban J connectivity index is 1.39. The van der Waals surface area contributed by atoms with E-state index >= 15 is 0 Å². The molecular formula is C21H18ClN5O2. The maximum atomic E-state index is 12.5. The molecule has 0 radical (unpaired) electrons. The van der Waals surface area contributed by atoms with Crippen LogP contribution in [0, 0.1) is 0 Å². The third-order valence-electron chi connectivity index (χ3n) is 5.26. The van der Waals surface area contributed by atoms with Gasteiger partial charge in [0.05, 0.1) is 23.3 Å². The SMILES string of the molecule is CCn1cnc2cc(-c3noc([C@H]4CC(=O)N(c5cccc(Cl)c5)C4)n3)ccc21. The minimum absolute atomic E-state index is 0.0172. The van der Waals surface area contributed by atoms with Crippen LogP contribution in [-0.2, 0) is 11.3 Å². The molecule has 1 saturated heterocycles. The van der Waals surface area contributed by atoms with E-state index in [-0.39, 0.29) is 11.8 Å². The molecule has 2 aromatic carbocycles. The maximum Gasteiger partial charge on any atom is 0.232 e. The van der Waals surface area contributed by atoms with Crippen LogP contribution in [0.2, 0.25) is 5.02 Å². The summed E-state index contributed by atoms with van der Waals surface area (Å²) in [4.78, 5) is 23.2. The topological polar surface area (TPSA) is 77.0 Å². The summed E-state index contributed by atoms with van der Waals surface area (Å²) in [7, 11) is 0. The van der Waals surface area contributed by atoms with Crippen molar-refractivity contribution >= 4 is 34.2 Å². The molecule has 0 aliphatic carbocycles. The fourth-order valence-electron chi connectivity index (χ4n) is 3.74. The van der Waals surface area contributed by atoms with Crippen LogP contribution in [0.5, 0.6) is 0 Å². The summed E-state index contributed by atoms with van der Waals surface area (Å²) in [5.74, 6) is 0.841. The van der Waals surface area contributed by atoms with E-state index in [9.17, 15) is 4.79 Å². The number of fused-ring (bicyclic) bond motifs is 1. The Morgan fingerprint density at radius 1 is 1.24 bits per heavy atom. The molecule has 0 unspecified atom stereocenters. The van der Waals surface area contributed by atoms with Gasteiger partial charge in [-0.25, -0.2) is 4.98 Å². The number of nitrogens with zero attached hydrogens (tertiary/aromatic N) is 5. The van der Waals surface area contributed by atoms with Crippen molar-refractivity contribution in [1.29, 1.82) is 0 Å². The van der Waals surface area contributed by atoms with Gasteiger partial charge in [-0.05, 0) is 43.3 Å². The molecule has 1 atom stereocenters. The molecule has 7 nitrogen and oxygen atoms in total. The largest absolute Gasteiger partial charge is 0.339 e. The number of benzene rings is 2. The zero-order valence-corrected chi connectivity index (χ0v) is 16.5. The van der Waals surface area contributed by atoms with E-state index < -0.39 is 0 Å². The molecule has 3 heterocycles. The van der Waals surface area contributed by atoms with Gasteiger partial charge in [-0.3, -0.25) is 4.79 Å². The highest BCUT2D eigenvalue weighted by Crippen LogP contribution is 2.33. The quantitative estimate of drug-likeness (QED) is 0.504. The Hall–Kier alpha value is -3.19. The van der Waals surface area contributed by atoms with E-state index in [1.54, 1.807) is 17.0 Å². The van der Waals surface area contributed by atoms with Gasteiger partial charge < -0.3 is 14.0 Å². The van der Waals surface area contributed by atoms with E-state index in [0.29, 0.717) is 29.7 Å². The van der Waals surface area contributed by atoms with Crippen molar-refractivity contribution in [3.05, 3.63) is 59.7 Å². The minimum atomic E-state index is -0.147. The molecule has 0 bridgehead atoms. The second kappa shape index (κ2) is 7.00. The molecule has 5 rings (SSSR count). The van der Waals surface area contributed by atoms with Gasteiger partial charge in [-0.15, -0.1) is 0 Å². The van der Waals surface area contributed by atoms with Crippen LogP contribution >= 0.6 is 11.6 Å². The highest BCUT2D eigenvalue weighted by molar-refractivity contribution is 6.30. The van der Waals surface area contributed by atoms with Gasteiger partial charge in [-0.1, -0.05) is 22.8 Å². The molecule has 8 heteroatoms. The lowest BCUT2D eigenvalue weighted by Gasteiger charge is -2.16. The van der Waals surface area contributed by atoms with E-state index in [1.807, 2.05) is 36.7 Å². The first-order valence-electron chi connectivity index (χ1n) is 9.47. The maximum absolute atomic E-state index is 12.5. The summed E-state index contributed by atoms with van der Waals surface area (Å²) in [5.41, 5.74) is 3.57. The highest BCUT2D eigenvalue weighted by Gasteiger charge is 2.35. The van der Waals surface area contributed by atoms with Crippen molar-refractivity contribution in [1.82, 2.24) is 19.7 Å². The van der Waals surface area contributed by atoms with Crippen LogP contribution in [0.4, 0.5) is 5.69 Å². The average molecular weight is 408 g/mol. The first kappa shape index (κ1) is 17.9. The number of halogens is 1. The molecule has 4 aromatic rings. The lowest BCUT2D eigenvalue weighted by molar-refractivity contribution is -0.117. The van der Waals surface area contributed by atoms with Gasteiger partial charge in [0, 0.05) is 35.8 Å². The molecule has 1 fully saturated rings. The molecule has 0 N–H and O–H groups in total. The summed E-state index contributed by atoms with van der Waals surface area (Å²) < 4.78 is 7.58. The van der Waals surface area contributed by atoms with Crippen LogP contribution in [0.25, 0.3) is 22.4 Å². The zero-order valence-electron chi connectivity index (χ0n) is 15.7. The first-order valence-corrected chi connectivity index (χ1v) is 9.85. The first-order chi connectivity index (χ1) is 14.1. The third kappa shape index (κ3) is 3.17. The smallest absolute Gasteiger partial charge is 0.232 e. The number of carbonyl (C=O) groups excluding carboxylic acids is 1. The molecule has 0 saturated carbocycles. The van der Waals surface area contributed by atoms with E-state index in [1.165, 1.54) is 0 Å². The molecule has 1 aliphatic heterocycles. The normalized spacial score (nSPS) is 16.8. The molecule has 1 aliphatic rings. The van der Waals surface area contributed by atoms with Crippen molar-refractivity contribution < 1.29 is 9.32 Å². The van der Waals surface area contributed by atoms with Gasteiger partial charge in [0.2, 0.25) is 17.6 Å². The molecular weight excluding hydrogens is 390 g/mol. The van der Waals surface area contributed by atoms with Crippen molar-refractivity contribution in [3.63, 3.8) is 0 Å². The number of rotatable bonds is 4. The second-order valence-corrected chi connectivity index (χ2v) is 7.51. The Morgan fingerprint density at radius 2 is 2.14 bits per heavy atom. The predicted octanol–water partition coefficient (Wildman–Crippen LogP) is 4.28. The molecule has 2 aromatic heterocycles. The van der Waals surface area contributed by atoms with Crippen molar-refractivity contribution in [2.24, 2.45) is 0 Å². The fourth-order valence-corrected chi connectivity index (χ4v) is 3.92. The zero-order chi connectivity index (χ0) is 20.0. The summed E-state index contributed by atoms with van der Waals surface area (Å²) in [5, 5.41) is 4.73. The van der Waals surface area contributed by atoms with Crippen LogP contribution in [-0.4, -0.2) is 32.1 Å². The van der Waals surface area contributed by atoms with Gasteiger partial charge in [0.25, 0.3) is 0 Å². The fraction of sp³-hybridized carbons (Fsp3) is 0.238. The van der Waals surface area contributed by atoms with Crippen molar-refractivity contribution in [3.8, 4) is 11.4 Å². The molecule has 0 spiro atoms.